The van der Waals surface area contributed by atoms with Gasteiger partial charge in [-0.3, -0.25) is 0 Å². The van der Waals surface area contributed by atoms with E-state index in [1.165, 1.54) is 116 Å². The van der Waals surface area contributed by atoms with Gasteiger partial charge in [0.2, 0.25) is 0 Å². The van der Waals surface area contributed by atoms with E-state index in [4.69, 9.17) is 66.3 Å². The fourth-order valence-corrected chi connectivity index (χ4v) is 26.0. The molecule has 0 aromatic carbocycles. The number of hydrogen-bond acceptors (Lipinski definition) is 21. The van der Waals surface area contributed by atoms with Crippen molar-refractivity contribution < 1.29 is 95.1 Å². The fourth-order valence-electron chi connectivity index (χ4n) is 24.3. The summed E-state index contributed by atoms with van der Waals surface area (Å²) in [5, 5.41) is 1.05. The summed E-state index contributed by atoms with van der Waals surface area (Å²) >= 11 is 1.92. The second-order valence-electron chi connectivity index (χ2n) is 30.5. The lowest BCUT2D eigenvalue weighted by molar-refractivity contribution is -0.00113. The third kappa shape index (κ3) is 13.5. The van der Waals surface area contributed by atoms with Crippen molar-refractivity contribution >= 4 is 48.7 Å². The summed E-state index contributed by atoms with van der Waals surface area (Å²) < 4.78 is 73.6. The summed E-state index contributed by atoms with van der Waals surface area (Å²) in [5.41, 5.74) is 0. The van der Waals surface area contributed by atoms with Crippen LogP contribution in [0.15, 0.2) is 0 Å². The van der Waals surface area contributed by atoms with E-state index in [9.17, 15) is 28.8 Å². The maximum Gasteiger partial charge on any atom is 0.509 e. The van der Waals surface area contributed by atoms with Gasteiger partial charge in [-0.2, -0.15) is 0 Å². The van der Waals surface area contributed by atoms with Crippen molar-refractivity contribution in [2.45, 2.75) is 349 Å². The minimum absolute atomic E-state index is 0. The number of carbonyl (C=O) groups is 6. The first-order chi connectivity index (χ1) is 46.3. The van der Waals surface area contributed by atoms with Crippen molar-refractivity contribution in [2.75, 3.05) is 0 Å². The van der Waals surface area contributed by atoms with Crippen molar-refractivity contribution in [3.8, 4) is 0 Å². The van der Waals surface area contributed by atoms with E-state index >= 15 is 0 Å². The molecule has 36 unspecified atom stereocenters. The maximum atomic E-state index is 11.2. The maximum absolute atomic E-state index is 11.2. The number of fused-ring (bicyclic) bond motifs is 51. The van der Waals surface area contributed by atoms with Crippen LogP contribution in [0.25, 0.3) is 0 Å². The summed E-state index contributed by atoms with van der Waals surface area (Å²) in [4.78, 5) is 65.8. The Morgan fingerprint density at radius 2 is 0.485 bits per heavy atom. The van der Waals surface area contributed by atoms with Crippen molar-refractivity contribution in [2.24, 2.45) is 107 Å². The molecule has 0 radical (unpaired) electrons. The predicted molar refractivity (Wildman–Crippen MR) is 374 cm³/mol. The Kier molecular flexibility index (Phi) is 26.3. The van der Waals surface area contributed by atoms with Crippen LogP contribution in [0.3, 0.4) is 0 Å². The standard InChI is InChI=1S/2C13H16O3.C12H14O4.C8H10O3.C7H8O4.C7H8O3S.2C3H8.4C2H6.4CH4/c2*14-13-15-11-7-4-8(12(11)16-13)10-6-2-1-5(3-6)9(7)10;13-12-15-10-8-6-4-1-2-5(3-4)7(6)9(14-8)11(10)16-12;9-8-10-6-4-1-2-5(3-4)7(6)11-8;8-7-10-5-3-1-2-4(9-3)6(5)11-7;8-7-9-5-3-1-2-4(11-3)6(5)10-7;2*1-3-2;4*1-2;;;;/h2*5-12H,1-4H2;4-11H,1-3H2;4-7H,1-3H2;2*3-6H,1-2H2;2*3H2,1-2H3;4*1-2H3;4*1H4. The number of hydrogen-bond donors (Lipinski definition) is 0. The Labute approximate surface area is 596 Å². The normalized spacial score (nSPS) is 49.2. The highest BCUT2D eigenvalue weighted by Crippen LogP contribution is 2.71. The molecule has 12 heterocycles. The molecule has 12 saturated carbocycles. The van der Waals surface area contributed by atoms with Crippen molar-refractivity contribution in [1.82, 2.24) is 0 Å². The lowest BCUT2D eigenvalue weighted by atomic mass is 9.69. The summed E-state index contributed by atoms with van der Waals surface area (Å²) in [5.74, 6) is 14.0. The molecule has 0 aromatic rings. The number of rotatable bonds is 0. The molecule has 0 spiro atoms. The highest BCUT2D eigenvalue weighted by atomic mass is 32.2. The summed E-state index contributed by atoms with van der Waals surface area (Å²) in [6.07, 6.45) is 24.0. The minimum Gasteiger partial charge on any atom is -0.427 e. The van der Waals surface area contributed by atoms with Crippen LogP contribution in [0, 0.1) is 107 Å². The molecule has 18 bridgehead atoms. The molecule has 20 nitrogen and oxygen atoms in total. The van der Waals surface area contributed by atoms with Crippen LogP contribution in [0.2, 0.25) is 0 Å². The molecule has 0 amide bonds. The van der Waals surface area contributed by atoms with Gasteiger partial charge in [-0.1, -0.05) is 126 Å². The molecule has 99 heavy (non-hydrogen) atoms. The SMILES string of the molecule is C.C.C.C.CC.CC.CC.CC.CCC.CCC.O=C1OC2C(O1)C1OC2C2C3CCC(C3)C12.O=C1OC2C3CC(C2O1)C1C2CCC(C2)C31.O=C1OC2C3CC(C2O1)C1C2CCC(C2)C31.O=C1OC2C3CCC(C3)C2O1.O=C1OC2C3CCC(O3)C2O1.O=C1OC2C3CCC(S3)C2O1. The largest absolute Gasteiger partial charge is 0.509 e. The average Bonchev–Trinajstić information content (AvgIpc) is 1.54. The fraction of sp³-hybridized carbons (Fsp3) is 0.923. The molecule has 24 fully saturated rings. The lowest BCUT2D eigenvalue weighted by Gasteiger charge is -2.38. The summed E-state index contributed by atoms with van der Waals surface area (Å²) in [6.45, 7) is 24.5. The molecule has 0 aromatic heterocycles. The first kappa shape index (κ1) is 79.0. The van der Waals surface area contributed by atoms with E-state index in [1.807, 2.05) is 67.2 Å². The average molecular weight is 1420 g/mol. The summed E-state index contributed by atoms with van der Waals surface area (Å²) in [6, 6.07) is 0. The van der Waals surface area contributed by atoms with Gasteiger partial charge in [0.1, 0.15) is 48.8 Å². The van der Waals surface area contributed by atoms with E-state index in [0.29, 0.717) is 57.8 Å². The predicted octanol–water partition coefficient (Wildman–Crippen LogP) is 18.2. The van der Waals surface area contributed by atoms with Gasteiger partial charge in [0.25, 0.3) is 0 Å². The van der Waals surface area contributed by atoms with Gasteiger partial charge in [0, 0.05) is 46.0 Å². The van der Waals surface area contributed by atoms with Gasteiger partial charge < -0.3 is 66.3 Å². The van der Waals surface area contributed by atoms with Crippen LogP contribution in [0.5, 0.6) is 0 Å². The van der Waals surface area contributed by atoms with Gasteiger partial charge in [-0.05, 0) is 187 Å². The number of thioether (sulfide) groups is 1. The molecule has 21 heteroatoms. The zero-order chi connectivity index (χ0) is 67.0. The molecule has 0 N–H and O–H groups in total. The van der Waals surface area contributed by atoms with Gasteiger partial charge in [0.05, 0.1) is 12.2 Å². The van der Waals surface area contributed by atoms with Crippen molar-refractivity contribution in [3.63, 3.8) is 0 Å². The van der Waals surface area contributed by atoms with Gasteiger partial charge in [-0.25, -0.2) is 28.8 Å². The van der Waals surface area contributed by atoms with E-state index in [-0.39, 0.29) is 127 Å². The lowest BCUT2D eigenvalue weighted by Crippen LogP contribution is -2.47. The highest BCUT2D eigenvalue weighted by Gasteiger charge is 2.73. The van der Waals surface area contributed by atoms with E-state index in [1.54, 1.807) is 0 Å². The smallest absolute Gasteiger partial charge is 0.427 e. The van der Waals surface area contributed by atoms with Gasteiger partial charge in [-0.15, -0.1) is 11.8 Å². The first-order valence-corrected chi connectivity index (χ1v) is 39.5. The highest BCUT2D eigenvalue weighted by molar-refractivity contribution is 8.01. The van der Waals surface area contributed by atoms with Gasteiger partial charge >= 0.3 is 36.9 Å². The Morgan fingerprint density at radius 3 is 0.788 bits per heavy atom. The van der Waals surface area contributed by atoms with Crippen LogP contribution in [-0.4, -0.2) is 145 Å². The topological polar surface area (TPSA) is 232 Å². The minimum atomic E-state index is -0.528. The number of carbonyl (C=O) groups excluding carboxylic acids is 6. The third-order valence-corrected chi connectivity index (χ3v) is 28.1. The van der Waals surface area contributed by atoms with Crippen molar-refractivity contribution in [1.29, 1.82) is 0 Å². The molecular weight excluding hydrogens is 1290 g/mol. The molecule has 12 saturated heterocycles. The molecule has 12 aliphatic carbocycles. The second-order valence-corrected chi connectivity index (χ2v) is 32.0. The van der Waals surface area contributed by atoms with E-state index < -0.39 is 36.9 Å². The van der Waals surface area contributed by atoms with Crippen LogP contribution in [0.4, 0.5) is 28.8 Å². The molecule has 12 aliphatic heterocycles. The Balaban J connectivity index is 0.000000134. The molecular formula is C78H128O20S. The monoisotopic (exact) mass is 1420 g/mol. The first-order valence-electron chi connectivity index (χ1n) is 38.5. The molecule has 24 rings (SSSR count). The van der Waals surface area contributed by atoms with Crippen LogP contribution in [0.1, 0.15) is 241 Å². The summed E-state index contributed by atoms with van der Waals surface area (Å²) in [7, 11) is 0. The molecule has 36 atom stereocenters. The van der Waals surface area contributed by atoms with Crippen LogP contribution < -0.4 is 0 Å². The van der Waals surface area contributed by atoms with E-state index in [2.05, 4.69) is 27.7 Å². The molecule has 566 valence electrons. The third-order valence-electron chi connectivity index (χ3n) is 26.4. The zero-order valence-electron chi connectivity index (χ0n) is 58.5. The van der Waals surface area contributed by atoms with Crippen LogP contribution in [-0.2, 0) is 66.3 Å². The molecule has 24 aliphatic rings. The van der Waals surface area contributed by atoms with E-state index in [0.717, 1.165) is 72.0 Å². The number of ether oxygens (including phenoxy) is 14. The second kappa shape index (κ2) is 32.9. The van der Waals surface area contributed by atoms with Gasteiger partial charge in [0.15, 0.2) is 36.6 Å². The quantitative estimate of drug-likeness (QED) is 0.125. The Hall–Kier alpha value is -4.11. The van der Waals surface area contributed by atoms with Crippen molar-refractivity contribution in [3.05, 3.63) is 0 Å². The zero-order valence-corrected chi connectivity index (χ0v) is 59.3. The van der Waals surface area contributed by atoms with Crippen LogP contribution >= 0.6 is 11.8 Å². The Morgan fingerprint density at radius 1 is 0.253 bits per heavy atom. The Bertz CT molecular complexity index is 2300.